The van der Waals surface area contributed by atoms with E-state index in [0.29, 0.717) is 25.4 Å². The molecule has 3 heterocycles. The van der Waals surface area contributed by atoms with E-state index in [0.717, 1.165) is 32.1 Å². The second kappa shape index (κ2) is 18.3. The Labute approximate surface area is 307 Å². The van der Waals surface area contributed by atoms with Gasteiger partial charge in [-0.1, -0.05) is 115 Å². The Morgan fingerprint density at radius 2 is 1.60 bits per heavy atom. The van der Waals surface area contributed by atoms with Crippen molar-refractivity contribution >= 4 is 22.6 Å². The molecule has 0 saturated carbocycles. The highest BCUT2D eigenvalue weighted by atomic mass is 28.4. The van der Waals surface area contributed by atoms with Gasteiger partial charge < -0.3 is 23.1 Å². The number of ether oxygens (including phenoxy) is 3. The molecule has 6 nitrogen and oxygen atoms in total. The summed E-state index contributed by atoms with van der Waals surface area (Å²) in [5.41, 5.74) is 2.51. The van der Waals surface area contributed by atoms with Crippen molar-refractivity contribution in [2.24, 2.45) is 5.92 Å². The first-order valence-corrected chi connectivity index (χ1v) is 24.8. The monoisotopic (exact) mass is 726 g/mol. The number of carbonyl (C=O) groups excluding carboxylic acids is 1. The van der Waals surface area contributed by atoms with Gasteiger partial charge in [0.25, 0.3) is 0 Å². The zero-order chi connectivity index (χ0) is 37.3. The Hall–Kier alpha value is -1.82. The van der Waals surface area contributed by atoms with Gasteiger partial charge in [0.15, 0.2) is 16.6 Å². The fourth-order valence-corrected chi connectivity index (χ4v) is 8.64. The van der Waals surface area contributed by atoms with Crippen molar-refractivity contribution in [2.75, 3.05) is 6.61 Å². The van der Waals surface area contributed by atoms with Crippen LogP contribution in [0.25, 0.3) is 0 Å². The molecule has 7 atom stereocenters. The van der Waals surface area contributed by atoms with Crippen molar-refractivity contribution in [3.63, 3.8) is 0 Å². The van der Waals surface area contributed by atoms with Gasteiger partial charge in [-0.3, -0.25) is 0 Å². The molecular weight excluding hydrogens is 657 g/mol. The highest BCUT2D eigenvalue weighted by Gasteiger charge is 2.41. The molecule has 0 radical (unpaired) electrons. The molecule has 3 aliphatic heterocycles. The van der Waals surface area contributed by atoms with Crippen LogP contribution in [-0.2, 0) is 27.9 Å². The molecule has 3 aliphatic rings. The summed E-state index contributed by atoms with van der Waals surface area (Å²) >= 11 is 0. The van der Waals surface area contributed by atoms with E-state index in [4.69, 9.17) is 23.1 Å². The minimum Gasteiger partial charge on any atom is -0.456 e. The highest BCUT2D eigenvalue weighted by Crippen LogP contribution is 2.40. The van der Waals surface area contributed by atoms with Crippen LogP contribution in [0.3, 0.4) is 0 Å². The number of carbonyl (C=O) groups is 1. The molecule has 0 aromatic rings. The zero-order valence-electron chi connectivity index (χ0n) is 33.6. The Morgan fingerprint density at radius 3 is 2.26 bits per heavy atom. The van der Waals surface area contributed by atoms with Crippen LogP contribution in [0.5, 0.6) is 0 Å². The average Bonchev–Trinajstić information content (AvgIpc) is 2.97. The summed E-state index contributed by atoms with van der Waals surface area (Å²) in [4.78, 5) is 13.5. The first kappa shape index (κ1) is 42.6. The first-order valence-electron chi connectivity index (χ1n) is 19.0. The van der Waals surface area contributed by atoms with Crippen LogP contribution in [-0.4, -0.2) is 65.8 Å². The number of cyclic esters (lactones) is 1. The molecular formula is C42H70O6Si2. The van der Waals surface area contributed by atoms with Crippen molar-refractivity contribution in [1.82, 2.24) is 0 Å². The zero-order valence-corrected chi connectivity index (χ0v) is 35.6. The summed E-state index contributed by atoms with van der Waals surface area (Å²) in [7, 11) is -4.36. The minimum atomic E-state index is -2.27. The normalized spacial score (nSPS) is 30.6. The van der Waals surface area contributed by atoms with Gasteiger partial charge in [-0.05, 0) is 87.6 Å². The van der Waals surface area contributed by atoms with E-state index in [-0.39, 0.29) is 40.5 Å². The predicted molar refractivity (Wildman–Crippen MR) is 213 cm³/mol. The molecule has 8 heteroatoms. The molecule has 0 aliphatic carbocycles. The second-order valence-corrected chi connectivity index (χ2v) is 27.5. The van der Waals surface area contributed by atoms with Gasteiger partial charge in [0, 0.05) is 12.5 Å². The third-order valence-electron chi connectivity index (χ3n) is 11.2. The third kappa shape index (κ3) is 13.6. The average molecular weight is 727 g/mol. The van der Waals surface area contributed by atoms with Crippen LogP contribution in [0.4, 0.5) is 0 Å². The van der Waals surface area contributed by atoms with E-state index in [1.54, 1.807) is 6.08 Å². The molecule has 50 heavy (non-hydrogen) atoms. The van der Waals surface area contributed by atoms with Crippen molar-refractivity contribution in [3.8, 4) is 0 Å². The fraction of sp³-hybridized carbons (Fsp3) is 0.690. The molecule has 2 bridgehead atoms. The summed E-state index contributed by atoms with van der Waals surface area (Å²) in [5, 5.41) is 0.0376. The van der Waals surface area contributed by atoms with Crippen LogP contribution >= 0.6 is 0 Å². The first-order chi connectivity index (χ1) is 23.1. The SMILES string of the molecule is C=C1CC(O[Si](C)(C)C(C)(C)C)/C=C/C[C@@H]([C@H](/C=C/[C@@H]2CC(C)=CCO2)O[Si](C)(C)C(C)(C)C)OC(=O)/C=C\C[C@@H]2C=CC[C@@H](C[C@@H](C)C1)O2. The maximum Gasteiger partial charge on any atom is 0.330 e. The molecule has 1 unspecified atom stereocenters. The molecule has 3 rings (SSSR count). The van der Waals surface area contributed by atoms with Crippen LogP contribution in [0.1, 0.15) is 100 Å². The molecule has 282 valence electrons. The molecule has 0 aromatic carbocycles. The predicted octanol–water partition coefficient (Wildman–Crippen LogP) is 11.0. The maximum absolute atomic E-state index is 13.5. The second-order valence-electron chi connectivity index (χ2n) is 18.0. The van der Waals surface area contributed by atoms with E-state index in [2.05, 4.69) is 131 Å². The van der Waals surface area contributed by atoms with E-state index in [1.165, 1.54) is 11.1 Å². The van der Waals surface area contributed by atoms with Crippen molar-refractivity contribution in [2.45, 2.75) is 173 Å². The number of hydrogen-bond donors (Lipinski definition) is 0. The van der Waals surface area contributed by atoms with E-state index >= 15 is 0 Å². The van der Waals surface area contributed by atoms with Gasteiger partial charge in [-0.15, -0.1) is 0 Å². The van der Waals surface area contributed by atoms with E-state index in [9.17, 15) is 4.79 Å². The largest absolute Gasteiger partial charge is 0.456 e. The lowest BCUT2D eigenvalue weighted by atomic mass is 9.91. The van der Waals surface area contributed by atoms with Gasteiger partial charge in [-0.2, -0.15) is 0 Å². The molecule has 0 aromatic heterocycles. The summed E-state index contributed by atoms with van der Waals surface area (Å²) in [6.07, 6.45) is 22.9. The summed E-state index contributed by atoms with van der Waals surface area (Å²) in [6.45, 7) is 32.2. The Morgan fingerprint density at radius 1 is 0.920 bits per heavy atom. The van der Waals surface area contributed by atoms with Gasteiger partial charge in [0.1, 0.15) is 12.2 Å². The van der Waals surface area contributed by atoms with Crippen LogP contribution in [0.2, 0.25) is 36.3 Å². The maximum atomic E-state index is 13.5. The number of fused-ring (bicyclic) bond motifs is 2. The third-order valence-corrected chi connectivity index (χ3v) is 20.1. The summed E-state index contributed by atoms with van der Waals surface area (Å²) in [5.74, 6) is 0.0697. The lowest BCUT2D eigenvalue weighted by Gasteiger charge is -2.40. The number of rotatable bonds is 7. The summed E-state index contributed by atoms with van der Waals surface area (Å²) < 4.78 is 32.9. The van der Waals surface area contributed by atoms with Gasteiger partial charge in [-0.25, -0.2) is 4.79 Å². The number of hydrogen-bond acceptors (Lipinski definition) is 6. The van der Waals surface area contributed by atoms with Gasteiger partial charge >= 0.3 is 5.97 Å². The Kier molecular flexibility index (Phi) is 15.6. The Balaban J connectivity index is 2.02. The van der Waals surface area contributed by atoms with Crippen LogP contribution in [0, 0.1) is 5.92 Å². The smallest absolute Gasteiger partial charge is 0.330 e. The molecule has 0 saturated heterocycles. The Bertz CT molecular complexity index is 1280. The van der Waals surface area contributed by atoms with E-state index < -0.39 is 28.8 Å². The molecule has 0 amide bonds. The van der Waals surface area contributed by atoms with Crippen molar-refractivity contribution in [1.29, 1.82) is 0 Å². The lowest BCUT2D eigenvalue weighted by Crippen LogP contribution is -2.47. The summed E-state index contributed by atoms with van der Waals surface area (Å²) in [6, 6.07) is 0. The lowest BCUT2D eigenvalue weighted by molar-refractivity contribution is -0.146. The minimum absolute atomic E-state index is 0.0278. The highest BCUT2D eigenvalue weighted by molar-refractivity contribution is 6.74. The topological polar surface area (TPSA) is 63.2 Å². The van der Waals surface area contributed by atoms with Gasteiger partial charge in [0.2, 0.25) is 0 Å². The number of esters is 1. The quantitative estimate of drug-likeness (QED) is 0.148. The van der Waals surface area contributed by atoms with Gasteiger partial charge in [0.05, 0.1) is 31.0 Å². The molecule has 0 fully saturated rings. The van der Waals surface area contributed by atoms with Crippen LogP contribution < -0.4 is 0 Å². The van der Waals surface area contributed by atoms with E-state index in [1.807, 2.05) is 6.08 Å². The molecule has 0 spiro atoms. The fourth-order valence-electron chi connectivity index (χ4n) is 6.10. The van der Waals surface area contributed by atoms with Crippen molar-refractivity contribution < 1.29 is 27.9 Å². The standard InChI is InChI=1S/C42H70O6Si2/c1-31-25-26-44-35(28-31)23-24-39(48-50(12,13)42(7,8)9)38-21-15-20-37(47-49(10,11)41(4,5)6)30-33(3)27-32(2)29-36-19-14-17-34(45-36)18-16-22-40(43)46-38/h14-17,20,22-25,32,34-39H,3,18-19,21,26-30H2,1-2,4-13H3/b20-15+,22-16-,24-23+/t32-,34-,35+,36-,37?,38-,39-/m0/s1. The molecule has 0 N–H and O–H groups in total. The van der Waals surface area contributed by atoms with Crippen molar-refractivity contribution in [3.05, 3.63) is 72.4 Å². The van der Waals surface area contributed by atoms with Crippen LogP contribution in [0.15, 0.2) is 72.4 Å².